The highest BCUT2D eigenvalue weighted by atomic mass is 35.5. The van der Waals surface area contributed by atoms with Crippen molar-refractivity contribution in [2.45, 2.75) is 6.42 Å². The summed E-state index contributed by atoms with van der Waals surface area (Å²) >= 11 is 11.5. The summed E-state index contributed by atoms with van der Waals surface area (Å²) in [6.45, 7) is 0. The highest BCUT2D eigenvalue weighted by Crippen LogP contribution is 2.28. The molecule has 2 rings (SSSR count). The van der Waals surface area contributed by atoms with Gasteiger partial charge in [-0.3, -0.25) is 0 Å². The van der Waals surface area contributed by atoms with E-state index >= 15 is 0 Å². The molecule has 2 nitrogen and oxygen atoms in total. The summed E-state index contributed by atoms with van der Waals surface area (Å²) in [5, 5.41) is 20.4. The number of phenols is 2. The van der Waals surface area contributed by atoms with Crippen LogP contribution >= 0.6 is 23.2 Å². The van der Waals surface area contributed by atoms with Crippen molar-refractivity contribution in [1.29, 1.82) is 0 Å². The van der Waals surface area contributed by atoms with E-state index < -0.39 is 0 Å². The summed E-state index contributed by atoms with van der Waals surface area (Å²) in [5.41, 5.74) is 1.40. The van der Waals surface area contributed by atoms with E-state index in [1.807, 2.05) is 0 Å². The van der Waals surface area contributed by atoms with Crippen molar-refractivity contribution in [1.82, 2.24) is 0 Å². The number of benzene rings is 2. The lowest BCUT2D eigenvalue weighted by molar-refractivity contribution is 0.463. The Labute approximate surface area is 109 Å². The van der Waals surface area contributed by atoms with E-state index in [0.29, 0.717) is 27.6 Å². The summed E-state index contributed by atoms with van der Waals surface area (Å²) in [5.74, 6) is 0.235. The molecule has 0 aliphatic carbocycles. The largest absolute Gasteiger partial charge is 0.508 e. The van der Waals surface area contributed by atoms with Crippen LogP contribution in [0.5, 0.6) is 11.5 Å². The van der Waals surface area contributed by atoms with Crippen molar-refractivity contribution in [3.63, 3.8) is 0 Å². The topological polar surface area (TPSA) is 40.5 Å². The van der Waals surface area contributed by atoms with Crippen LogP contribution in [0, 0.1) is 0 Å². The lowest BCUT2D eigenvalue weighted by Crippen LogP contribution is -1.89. The Kier molecular flexibility index (Phi) is 3.46. The minimum absolute atomic E-state index is 0.117. The van der Waals surface area contributed by atoms with E-state index in [1.54, 1.807) is 24.3 Å². The molecule has 0 aliphatic heterocycles. The Hall–Kier alpha value is -1.38. The summed E-state index contributed by atoms with van der Waals surface area (Å²) in [7, 11) is 0. The standard InChI is InChI=1S/C13H10Cl2O2/c14-10-3-1-8(12(16)6-10)5-9-2-4-11(15)7-13(9)17/h1-4,6-7,16-17H,5H2. The maximum Gasteiger partial charge on any atom is 0.120 e. The van der Waals surface area contributed by atoms with Crippen molar-refractivity contribution < 1.29 is 10.2 Å². The van der Waals surface area contributed by atoms with Gasteiger partial charge in [0.1, 0.15) is 11.5 Å². The van der Waals surface area contributed by atoms with Gasteiger partial charge in [-0.2, -0.15) is 0 Å². The highest BCUT2D eigenvalue weighted by molar-refractivity contribution is 6.31. The summed E-state index contributed by atoms with van der Waals surface area (Å²) in [6.07, 6.45) is 0.423. The van der Waals surface area contributed by atoms with Gasteiger partial charge in [0.2, 0.25) is 0 Å². The molecule has 0 fully saturated rings. The summed E-state index contributed by atoms with van der Waals surface area (Å²) in [6, 6.07) is 9.80. The normalized spacial score (nSPS) is 10.5. The van der Waals surface area contributed by atoms with E-state index in [0.717, 1.165) is 0 Å². The second-order valence-corrected chi connectivity index (χ2v) is 4.60. The van der Waals surface area contributed by atoms with Crippen molar-refractivity contribution in [3.05, 3.63) is 57.6 Å². The van der Waals surface area contributed by atoms with Gasteiger partial charge in [0, 0.05) is 16.5 Å². The van der Waals surface area contributed by atoms with Crippen LogP contribution in [0.15, 0.2) is 36.4 Å². The minimum atomic E-state index is 0.117. The van der Waals surface area contributed by atoms with Crippen LogP contribution in [-0.4, -0.2) is 10.2 Å². The molecule has 0 aliphatic rings. The van der Waals surface area contributed by atoms with Gasteiger partial charge in [0.05, 0.1) is 0 Å². The first kappa shape index (κ1) is 12.1. The van der Waals surface area contributed by atoms with Crippen LogP contribution in [0.2, 0.25) is 10.0 Å². The molecule has 4 heteroatoms. The molecule has 2 N–H and O–H groups in total. The molecule has 0 heterocycles. The van der Waals surface area contributed by atoms with Crippen LogP contribution in [0.1, 0.15) is 11.1 Å². The monoisotopic (exact) mass is 268 g/mol. The number of aromatic hydroxyl groups is 2. The lowest BCUT2D eigenvalue weighted by Gasteiger charge is -2.07. The zero-order valence-electron chi connectivity index (χ0n) is 8.82. The van der Waals surface area contributed by atoms with Crippen molar-refractivity contribution >= 4 is 23.2 Å². The zero-order valence-corrected chi connectivity index (χ0v) is 10.3. The van der Waals surface area contributed by atoms with Gasteiger partial charge in [0.15, 0.2) is 0 Å². The van der Waals surface area contributed by atoms with E-state index in [9.17, 15) is 10.2 Å². The number of rotatable bonds is 2. The van der Waals surface area contributed by atoms with E-state index in [1.165, 1.54) is 12.1 Å². The second kappa shape index (κ2) is 4.86. The lowest BCUT2D eigenvalue weighted by atomic mass is 10.0. The fourth-order valence-electron chi connectivity index (χ4n) is 1.58. The van der Waals surface area contributed by atoms with Crippen LogP contribution in [0.25, 0.3) is 0 Å². The Morgan fingerprint density at radius 2 is 1.18 bits per heavy atom. The molecular formula is C13H10Cl2O2. The fourth-order valence-corrected chi connectivity index (χ4v) is 1.91. The molecule has 88 valence electrons. The van der Waals surface area contributed by atoms with Crippen LogP contribution in [-0.2, 0) is 6.42 Å². The molecule has 0 saturated heterocycles. The first-order valence-corrected chi connectivity index (χ1v) is 5.76. The smallest absolute Gasteiger partial charge is 0.120 e. The van der Waals surface area contributed by atoms with Gasteiger partial charge in [-0.15, -0.1) is 0 Å². The number of phenolic OH excluding ortho intramolecular Hbond substituents is 2. The second-order valence-electron chi connectivity index (χ2n) is 3.72. The molecule has 0 radical (unpaired) electrons. The van der Waals surface area contributed by atoms with Crippen LogP contribution in [0.3, 0.4) is 0 Å². The molecule has 0 saturated carbocycles. The van der Waals surface area contributed by atoms with Crippen LogP contribution in [0.4, 0.5) is 0 Å². The van der Waals surface area contributed by atoms with Crippen molar-refractivity contribution in [2.24, 2.45) is 0 Å². The van der Waals surface area contributed by atoms with Gasteiger partial charge < -0.3 is 10.2 Å². The maximum absolute atomic E-state index is 9.71. The highest BCUT2D eigenvalue weighted by Gasteiger charge is 2.07. The molecule has 17 heavy (non-hydrogen) atoms. The zero-order chi connectivity index (χ0) is 12.4. The van der Waals surface area contributed by atoms with Gasteiger partial charge >= 0.3 is 0 Å². The molecule has 0 bridgehead atoms. The van der Waals surface area contributed by atoms with Gasteiger partial charge in [0.25, 0.3) is 0 Å². The fraction of sp³-hybridized carbons (Fsp3) is 0.0769. The van der Waals surface area contributed by atoms with Crippen LogP contribution < -0.4 is 0 Å². The van der Waals surface area contributed by atoms with Gasteiger partial charge in [-0.05, 0) is 35.4 Å². The SMILES string of the molecule is Oc1cc(Cl)ccc1Cc1ccc(Cl)cc1O. The molecule has 0 atom stereocenters. The molecule has 2 aromatic rings. The minimum Gasteiger partial charge on any atom is -0.508 e. The maximum atomic E-state index is 9.71. The molecule has 2 aromatic carbocycles. The Morgan fingerprint density at radius 1 is 0.765 bits per heavy atom. The summed E-state index contributed by atoms with van der Waals surface area (Å²) in [4.78, 5) is 0. The molecular weight excluding hydrogens is 259 g/mol. The van der Waals surface area contributed by atoms with Gasteiger partial charge in [-0.25, -0.2) is 0 Å². The predicted octanol–water partition coefficient (Wildman–Crippen LogP) is 4.00. The molecule has 0 unspecified atom stereocenters. The van der Waals surface area contributed by atoms with E-state index in [-0.39, 0.29) is 11.5 Å². The third-order valence-corrected chi connectivity index (χ3v) is 2.95. The average Bonchev–Trinajstić information content (AvgIpc) is 2.25. The number of halogens is 2. The predicted molar refractivity (Wildman–Crippen MR) is 69.0 cm³/mol. The third kappa shape index (κ3) is 2.84. The molecule has 0 aromatic heterocycles. The Balaban J connectivity index is 2.31. The first-order valence-electron chi connectivity index (χ1n) is 5.01. The van der Waals surface area contributed by atoms with E-state index in [2.05, 4.69) is 0 Å². The Bertz CT molecular complexity index is 504. The first-order chi connectivity index (χ1) is 8.06. The average molecular weight is 269 g/mol. The molecule has 0 spiro atoms. The van der Waals surface area contributed by atoms with Crippen molar-refractivity contribution in [2.75, 3.05) is 0 Å². The van der Waals surface area contributed by atoms with E-state index in [4.69, 9.17) is 23.2 Å². The summed E-state index contributed by atoms with van der Waals surface area (Å²) < 4.78 is 0. The number of hydrogen-bond acceptors (Lipinski definition) is 2. The Morgan fingerprint density at radius 3 is 1.53 bits per heavy atom. The third-order valence-electron chi connectivity index (χ3n) is 2.48. The quantitative estimate of drug-likeness (QED) is 0.865. The van der Waals surface area contributed by atoms with Gasteiger partial charge in [-0.1, -0.05) is 35.3 Å². The van der Waals surface area contributed by atoms with Crippen molar-refractivity contribution in [3.8, 4) is 11.5 Å². The molecule has 0 amide bonds. The number of hydrogen-bond donors (Lipinski definition) is 2.